The van der Waals surface area contributed by atoms with E-state index >= 15 is 0 Å². The van der Waals surface area contributed by atoms with Gasteiger partial charge < -0.3 is 19.5 Å². The van der Waals surface area contributed by atoms with Crippen LogP contribution in [0.4, 0.5) is 25.1 Å². The van der Waals surface area contributed by atoms with Gasteiger partial charge in [-0.15, -0.1) is 0 Å². The smallest absolute Gasteiger partial charge is 0.412 e. The van der Waals surface area contributed by atoms with Gasteiger partial charge in [0, 0.05) is 31.1 Å². The van der Waals surface area contributed by atoms with E-state index < -0.39 is 49.0 Å². The predicted octanol–water partition coefficient (Wildman–Crippen LogP) is 3.48. The molecule has 2 N–H and O–H groups in total. The number of rotatable bonds is 11. The molecule has 1 aromatic carbocycles. The number of amides is 2. The molecule has 2 aromatic rings. The molecular formula is C24H28F2N4O7. The van der Waals surface area contributed by atoms with Crippen molar-refractivity contribution < 1.29 is 37.4 Å². The molecule has 1 aliphatic heterocycles. The monoisotopic (exact) mass is 522 g/mol. The highest BCUT2D eigenvalue weighted by atomic mass is 19.3. The first-order valence-corrected chi connectivity index (χ1v) is 11.7. The number of nitrogens with zero attached hydrogens (tertiary/aromatic N) is 2. The Morgan fingerprint density at radius 1 is 1.11 bits per heavy atom. The van der Waals surface area contributed by atoms with Crippen molar-refractivity contribution in [1.82, 2.24) is 9.55 Å². The number of nitrogens with one attached hydrogen (secondary N) is 2. The normalized spacial score (nSPS) is 18.1. The average Bonchev–Trinajstić information content (AvgIpc) is 3.15. The number of unbranched alkanes of at least 4 members (excludes halogenated alkanes) is 1. The second-order valence-electron chi connectivity index (χ2n) is 8.23. The minimum atomic E-state index is -3.43. The van der Waals surface area contributed by atoms with E-state index in [1.807, 2.05) is 6.07 Å². The Balaban J connectivity index is 1.41. The minimum Gasteiger partial charge on any atom is -0.463 e. The van der Waals surface area contributed by atoms with Crippen molar-refractivity contribution in [3.63, 3.8) is 0 Å². The highest BCUT2D eigenvalue weighted by Crippen LogP contribution is 2.42. The highest BCUT2D eigenvalue weighted by Gasteiger charge is 2.52. The Labute approximate surface area is 211 Å². The first-order valence-electron chi connectivity index (χ1n) is 11.7. The van der Waals surface area contributed by atoms with Gasteiger partial charge in [-0.3, -0.25) is 19.5 Å². The van der Waals surface area contributed by atoms with Crippen LogP contribution < -0.4 is 16.3 Å². The average molecular weight is 523 g/mol. The quantitative estimate of drug-likeness (QED) is 0.338. The predicted molar refractivity (Wildman–Crippen MR) is 127 cm³/mol. The lowest BCUT2D eigenvalue weighted by molar-refractivity contribution is -0.150. The zero-order chi connectivity index (χ0) is 26.8. The molecule has 0 unspecified atom stereocenters. The summed E-state index contributed by atoms with van der Waals surface area (Å²) in [6.45, 7) is 1.28. The number of aromatic nitrogens is 2. The summed E-state index contributed by atoms with van der Waals surface area (Å²) in [5.74, 6) is -4.37. The number of esters is 1. The van der Waals surface area contributed by atoms with Gasteiger partial charge in [-0.25, -0.2) is 18.4 Å². The Kier molecular flexibility index (Phi) is 9.66. The summed E-state index contributed by atoms with van der Waals surface area (Å²) in [7, 11) is 0. The van der Waals surface area contributed by atoms with Crippen LogP contribution >= 0.6 is 0 Å². The Morgan fingerprint density at radius 3 is 2.54 bits per heavy atom. The Hall–Kier alpha value is -3.87. The second-order valence-corrected chi connectivity index (χ2v) is 8.23. The van der Waals surface area contributed by atoms with Crippen LogP contribution in [0.2, 0.25) is 0 Å². The van der Waals surface area contributed by atoms with E-state index in [-0.39, 0.29) is 31.2 Å². The minimum absolute atomic E-state index is 0.0173. The Morgan fingerprint density at radius 2 is 1.84 bits per heavy atom. The van der Waals surface area contributed by atoms with Gasteiger partial charge in [-0.1, -0.05) is 18.2 Å². The van der Waals surface area contributed by atoms with E-state index in [1.54, 1.807) is 31.2 Å². The number of carbonyl (C=O) groups excluding carboxylic acids is 3. The van der Waals surface area contributed by atoms with Crippen molar-refractivity contribution in [2.45, 2.75) is 57.3 Å². The van der Waals surface area contributed by atoms with Gasteiger partial charge >= 0.3 is 17.8 Å². The van der Waals surface area contributed by atoms with Crippen molar-refractivity contribution >= 4 is 29.5 Å². The summed E-state index contributed by atoms with van der Waals surface area (Å²) in [6, 6.07) is 10.1. The molecule has 37 heavy (non-hydrogen) atoms. The van der Waals surface area contributed by atoms with Crippen molar-refractivity contribution in [2.75, 3.05) is 23.8 Å². The largest absolute Gasteiger partial charge is 0.463 e. The van der Waals surface area contributed by atoms with Crippen LogP contribution in [-0.4, -0.2) is 52.8 Å². The molecule has 2 heterocycles. The lowest BCUT2D eigenvalue weighted by atomic mass is 10.1. The van der Waals surface area contributed by atoms with Crippen LogP contribution in [0.3, 0.4) is 0 Å². The standard InChI is InChI=1S/C24H28F2N4O7/c1-2-35-23(34)29-18-12-13-30(22(33)28-18)21-24(25,26)14-17(37-21)15-36-20(32)11-7-6-10-19(31)27-16-8-4-3-5-9-16/h3-5,8-9,12-13,17,21H,2,6-7,10-11,14-15H2,1H3,(H,27,31)(H,28,29,33,34)/t17-,21+/m0/s1. The van der Waals surface area contributed by atoms with E-state index in [1.165, 1.54) is 0 Å². The van der Waals surface area contributed by atoms with Gasteiger partial charge in [0.25, 0.3) is 5.92 Å². The van der Waals surface area contributed by atoms with E-state index in [0.29, 0.717) is 23.1 Å². The van der Waals surface area contributed by atoms with Crippen LogP contribution in [0.25, 0.3) is 0 Å². The second kappa shape index (κ2) is 12.9. The molecular weight excluding hydrogens is 494 g/mol. The summed E-state index contributed by atoms with van der Waals surface area (Å²) in [5, 5.41) is 4.95. The van der Waals surface area contributed by atoms with Gasteiger partial charge in [-0.05, 0) is 38.0 Å². The molecule has 1 saturated heterocycles. The highest BCUT2D eigenvalue weighted by molar-refractivity contribution is 5.90. The molecule has 0 spiro atoms. The number of anilines is 2. The summed E-state index contributed by atoms with van der Waals surface area (Å²) >= 11 is 0. The van der Waals surface area contributed by atoms with E-state index in [2.05, 4.69) is 20.4 Å². The van der Waals surface area contributed by atoms with E-state index in [0.717, 1.165) is 12.3 Å². The lowest BCUT2D eigenvalue weighted by Gasteiger charge is -2.19. The molecule has 2 atom stereocenters. The number of benzene rings is 1. The van der Waals surface area contributed by atoms with Crippen LogP contribution in [0.1, 0.15) is 45.3 Å². The molecule has 0 bridgehead atoms. The van der Waals surface area contributed by atoms with Gasteiger partial charge in [0.15, 0.2) is 0 Å². The topological polar surface area (TPSA) is 138 Å². The fourth-order valence-corrected chi connectivity index (χ4v) is 3.59. The van der Waals surface area contributed by atoms with Gasteiger partial charge in [0.1, 0.15) is 18.5 Å². The summed E-state index contributed by atoms with van der Waals surface area (Å²) < 4.78 is 44.8. The number of carbonyl (C=O) groups is 3. The molecule has 1 aliphatic rings. The summed E-state index contributed by atoms with van der Waals surface area (Å²) in [5.41, 5.74) is -0.381. The number of para-hydroxylation sites is 1. The van der Waals surface area contributed by atoms with Crippen LogP contribution in [0.5, 0.6) is 0 Å². The molecule has 200 valence electrons. The SMILES string of the molecule is CCOC(=O)Nc1ccn([C@@H]2O[C@H](COC(=O)CCCCC(=O)Nc3ccccc3)CC2(F)F)c(=O)n1. The molecule has 2 amide bonds. The fraction of sp³-hybridized carbons (Fsp3) is 0.458. The van der Waals surface area contributed by atoms with E-state index in [9.17, 15) is 28.0 Å². The number of hydrogen-bond acceptors (Lipinski definition) is 8. The van der Waals surface area contributed by atoms with Crippen LogP contribution in [0, 0.1) is 0 Å². The third-order valence-electron chi connectivity index (χ3n) is 5.29. The molecule has 1 fully saturated rings. The van der Waals surface area contributed by atoms with Gasteiger partial charge in [0.05, 0.1) is 6.61 Å². The Bertz CT molecular complexity index is 1140. The number of halogens is 2. The third kappa shape index (κ3) is 8.34. The molecule has 11 nitrogen and oxygen atoms in total. The molecule has 0 radical (unpaired) electrons. The maximum absolute atomic E-state index is 14.6. The summed E-state index contributed by atoms with van der Waals surface area (Å²) in [4.78, 5) is 51.2. The molecule has 3 rings (SSSR count). The number of ether oxygens (including phenoxy) is 3. The first kappa shape index (κ1) is 27.7. The lowest BCUT2D eigenvalue weighted by Crippen LogP contribution is -2.35. The maximum atomic E-state index is 14.6. The molecule has 0 aliphatic carbocycles. The van der Waals surface area contributed by atoms with E-state index in [4.69, 9.17) is 9.47 Å². The number of alkyl halides is 2. The fourth-order valence-electron chi connectivity index (χ4n) is 3.59. The van der Waals surface area contributed by atoms with Crippen molar-refractivity contribution in [1.29, 1.82) is 0 Å². The third-order valence-corrected chi connectivity index (χ3v) is 5.29. The summed E-state index contributed by atoms with van der Waals surface area (Å²) in [6.07, 6.45) is -2.59. The maximum Gasteiger partial charge on any atom is 0.412 e. The zero-order valence-electron chi connectivity index (χ0n) is 20.2. The molecule has 1 aromatic heterocycles. The van der Waals surface area contributed by atoms with Crippen LogP contribution in [-0.2, 0) is 23.8 Å². The van der Waals surface area contributed by atoms with Crippen molar-refractivity contribution in [3.8, 4) is 0 Å². The molecule has 13 heteroatoms. The van der Waals surface area contributed by atoms with Crippen molar-refractivity contribution in [3.05, 3.63) is 53.1 Å². The molecule has 0 saturated carbocycles. The van der Waals surface area contributed by atoms with Crippen LogP contribution in [0.15, 0.2) is 47.4 Å². The van der Waals surface area contributed by atoms with Gasteiger partial charge in [0.2, 0.25) is 12.1 Å². The van der Waals surface area contributed by atoms with Crippen molar-refractivity contribution in [2.24, 2.45) is 0 Å². The zero-order valence-corrected chi connectivity index (χ0v) is 20.2. The first-order chi connectivity index (χ1) is 17.7. The van der Waals surface area contributed by atoms with Gasteiger partial charge in [-0.2, -0.15) is 4.98 Å². The number of hydrogen-bond donors (Lipinski definition) is 2.